The highest BCUT2D eigenvalue weighted by atomic mass is 16.4. The predicted molar refractivity (Wildman–Crippen MR) is 61.9 cm³/mol. The molecule has 1 rings (SSSR count). The second kappa shape index (κ2) is 5.78. The molecule has 0 spiro atoms. The van der Waals surface area contributed by atoms with Crippen molar-refractivity contribution >= 4 is 23.8 Å². The Hall–Kier alpha value is -2.18. The number of carboxylic acids is 1. The van der Waals surface area contributed by atoms with E-state index in [1.807, 2.05) is 0 Å². The Morgan fingerprint density at radius 1 is 1.47 bits per heavy atom. The quantitative estimate of drug-likeness (QED) is 0.614. The number of carbonyl (C=O) groups excluding carboxylic acids is 1. The number of aromatic nitrogens is 2. The van der Waals surface area contributed by atoms with E-state index >= 15 is 0 Å². The molecule has 0 fully saturated rings. The van der Waals surface area contributed by atoms with E-state index < -0.39 is 18.1 Å². The van der Waals surface area contributed by atoms with Gasteiger partial charge in [-0.2, -0.15) is 0 Å². The Bertz CT molecular complexity index is 410. The Labute approximate surface area is 98.3 Å². The molecule has 92 valence electrons. The van der Waals surface area contributed by atoms with E-state index in [-0.39, 0.29) is 0 Å². The SMILES string of the molecule is CC(C=O)Nc1cncnc1NC(C)C(=O)O. The normalized spacial score (nSPS) is 13.5. The van der Waals surface area contributed by atoms with Crippen molar-refractivity contribution in [3.63, 3.8) is 0 Å². The molecule has 0 bridgehead atoms. The van der Waals surface area contributed by atoms with Gasteiger partial charge in [-0.3, -0.25) is 4.79 Å². The number of carbonyl (C=O) groups is 2. The number of nitrogens with one attached hydrogen (secondary N) is 2. The van der Waals surface area contributed by atoms with Crippen LogP contribution in [0.25, 0.3) is 0 Å². The molecule has 0 aliphatic rings. The highest BCUT2D eigenvalue weighted by Gasteiger charge is 2.14. The van der Waals surface area contributed by atoms with Gasteiger partial charge in [0.2, 0.25) is 0 Å². The van der Waals surface area contributed by atoms with Crippen LogP contribution in [0.5, 0.6) is 0 Å². The lowest BCUT2D eigenvalue weighted by molar-refractivity contribution is -0.137. The van der Waals surface area contributed by atoms with Crippen LogP contribution < -0.4 is 10.6 Å². The second-order valence-corrected chi connectivity index (χ2v) is 3.56. The molecule has 0 saturated carbocycles. The van der Waals surface area contributed by atoms with Crippen molar-refractivity contribution in [2.45, 2.75) is 25.9 Å². The van der Waals surface area contributed by atoms with Crippen LogP contribution in [0.1, 0.15) is 13.8 Å². The molecule has 2 unspecified atom stereocenters. The van der Waals surface area contributed by atoms with Crippen molar-refractivity contribution in [2.75, 3.05) is 10.6 Å². The minimum Gasteiger partial charge on any atom is -0.480 e. The summed E-state index contributed by atoms with van der Waals surface area (Å²) in [5.41, 5.74) is 0.486. The fourth-order valence-electron chi connectivity index (χ4n) is 1.10. The number of aldehydes is 1. The molecular weight excluding hydrogens is 224 g/mol. The van der Waals surface area contributed by atoms with E-state index in [4.69, 9.17) is 5.11 Å². The van der Waals surface area contributed by atoms with Gasteiger partial charge in [0, 0.05) is 0 Å². The minimum atomic E-state index is -0.988. The summed E-state index contributed by atoms with van der Waals surface area (Å²) in [5, 5.41) is 14.3. The molecule has 0 aromatic carbocycles. The van der Waals surface area contributed by atoms with E-state index in [1.165, 1.54) is 19.4 Å². The van der Waals surface area contributed by atoms with Crippen LogP contribution in [0.4, 0.5) is 11.5 Å². The number of anilines is 2. The Balaban J connectivity index is 2.84. The molecule has 7 nitrogen and oxygen atoms in total. The third-order valence-corrected chi connectivity index (χ3v) is 2.02. The number of hydrogen-bond acceptors (Lipinski definition) is 6. The molecule has 0 aliphatic carbocycles. The van der Waals surface area contributed by atoms with E-state index in [0.29, 0.717) is 11.5 Å². The largest absolute Gasteiger partial charge is 0.480 e. The van der Waals surface area contributed by atoms with Gasteiger partial charge >= 0.3 is 5.97 Å². The number of carboxylic acid groups (broad SMARTS) is 1. The highest BCUT2D eigenvalue weighted by molar-refractivity contribution is 5.79. The van der Waals surface area contributed by atoms with Crippen LogP contribution in [0.2, 0.25) is 0 Å². The van der Waals surface area contributed by atoms with Gasteiger partial charge < -0.3 is 20.5 Å². The zero-order chi connectivity index (χ0) is 12.8. The van der Waals surface area contributed by atoms with Gasteiger partial charge in [0.15, 0.2) is 5.82 Å². The first kappa shape index (κ1) is 12.9. The molecule has 1 aromatic rings. The van der Waals surface area contributed by atoms with Crippen LogP contribution in [0.15, 0.2) is 12.5 Å². The summed E-state index contributed by atoms with van der Waals surface area (Å²) in [6.45, 7) is 3.17. The fraction of sp³-hybridized carbons (Fsp3) is 0.400. The first-order chi connectivity index (χ1) is 8.04. The van der Waals surface area contributed by atoms with E-state index in [9.17, 15) is 9.59 Å². The number of nitrogens with zero attached hydrogens (tertiary/aromatic N) is 2. The van der Waals surface area contributed by atoms with Crippen molar-refractivity contribution < 1.29 is 14.7 Å². The standard InChI is InChI=1S/C10H14N4O3/c1-6(4-15)13-8-3-11-5-12-9(8)14-7(2)10(16)17/h3-7,13H,1-2H3,(H,16,17)(H,11,12,14). The van der Waals surface area contributed by atoms with Gasteiger partial charge in [0.25, 0.3) is 0 Å². The summed E-state index contributed by atoms with van der Waals surface area (Å²) < 4.78 is 0. The predicted octanol–water partition coefficient (Wildman–Crippen LogP) is 0.361. The maximum atomic E-state index is 10.7. The van der Waals surface area contributed by atoms with Crippen LogP contribution in [0.3, 0.4) is 0 Å². The lowest BCUT2D eigenvalue weighted by Gasteiger charge is -2.15. The molecule has 3 N–H and O–H groups in total. The summed E-state index contributed by atoms with van der Waals surface area (Å²) in [6.07, 6.45) is 3.51. The van der Waals surface area contributed by atoms with Crippen molar-refractivity contribution in [2.24, 2.45) is 0 Å². The van der Waals surface area contributed by atoms with Crippen molar-refractivity contribution in [1.29, 1.82) is 0 Å². The third-order valence-electron chi connectivity index (χ3n) is 2.02. The number of aliphatic carboxylic acids is 1. The van der Waals surface area contributed by atoms with E-state index in [1.54, 1.807) is 6.92 Å². The molecule has 0 amide bonds. The average Bonchev–Trinajstić information content (AvgIpc) is 2.31. The summed E-state index contributed by atoms with van der Waals surface area (Å²) in [4.78, 5) is 29.0. The smallest absolute Gasteiger partial charge is 0.325 e. The van der Waals surface area contributed by atoms with E-state index in [0.717, 1.165) is 6.29 Å². The summed E-state index contributed by atoms with van der Waals surface area (Å²) >= 11 is 0. The van der Waals surface area contributed by atoms with Gasteiger partial charge in [-0.05, 0) is 13.8 Å². The molecule has 7 heteroatoms. The molecule has 1 heterocycles. The zero-order valence-corrected chi connectivity index (χ0v) is 9.54. The highest BCUT2D eigenvalue weighted by Crippen LogP contribution is 2.18. The monoisotopic (exact) mass is 238 g/mol. The third kappa shape index (κ3) is 3.71. The topological polar surface area (TPSA) is 104 Å². The molecule has 1 aromatic heterocycles. The van der Waals surface area contributed by atoms with Crippen molar-refractivity contribution in [3.8, 4) is 0 Å². The average molecular weight is 238 g/mol. The Morgan fingerprint density at radius 3 is 2.76 bits per heavy atom. The van der Waals surface area contributed by atoms with Crippen molar-refractivity contribution in [1.82, 2.24) is 9.97 Å². The Morgan fingerprint density at radius 2 is 2.18 bits per heavy atom. The van der Waals surface area contributed by atoms with Crippen LogP contribution in [-0.2, 0) is 9.59 Å². The van der Waals surface area contributed by atoms with Crippen molar-refractivity contribution in [3.05, 3.63) is 12.5 Å². The Kier molecular flexibility index (Phi) is 4.38. The summed E-state index contributed by atoms with van der Waals surface area (Å²) in [6, 6.07) is -1.18. The number of rotatable bonds is 6. The van der Waals surface area contributed by atoms with Gasteiger partial charge in [0.1, 0.15) is 18.7 Å². The molecule has 0 aliphatic heterocycles. The van der Waals surface area contributed by atoms with Gasteiger partial charge in [-0.15, -0.1) is 0 Å². The summed E-state index contributed by atoms with van der Waals surface area (Å²) in [5.74, 6) is -0.637. The van der Waals surface area contributed by atoms with E-state index in [2.05, 4.69) is 20.6 Å². The van der Waals surface area contributed by atoms with Crippen LogP contribution in [0, 0.1) is 0 Å². The van der Waals surface area contributed by atoms with Crippen LogP contribution >= 0.6 is 0 Å². The van der Waals surface area contributed by atoms with Gasteiger partial charge in [-0.25, -0.2) is 9.97 Å². The molecule has 17 heavy (non-hydrogen) atoms. The molecule has 2 atom stereocenters. The van der Waals surface area contributed by atoms with Crippen LogP contribution in [-0.4, -0.2) is 39.4 Å². The van der Waals surface area contributed by atoms with Gasteiger partial charge in [-0.1, -0.05) is 0 Å². The lowest BCUT2D eigenvalue weighted by atomic mass is 10.3. The first-order valence-corrected chi connectivity index (χ1v) is 5.05. The van der Waals surface area contributed by atoms with Gasteiger partial charge in [0.05, 0.1) is 17.9 Å². The zero-order valence-electron chi connectivity index (χ0n) is 9.54. The molecule has 0 radical (unpaired) electrons. The molecule has 0 saturated heterocycles. The second-order valence-electron chi connectivity index (χ2n) is 3.56. The summed E-state index contributed by atoms with van der Waals surface area (Å²) in [7, 11) is 0. The lowest BCUT2D eigenvalue weighted by Crippen LogP contribution is -2.27. The number of hydrogen-bond donors (Lipinski definition) is 3. The maximum absolute atomic E-state index is 10.7. The molecular formula is C10H14N4O3. The fourth-order valence-corrected chi connectivity index (χ4v) is 1.10. The minimum absolute atomic E-state index is 0.351. The maximum Gasteiger partial charge on any atom is 0.325 e. The first-order valence-electron chi connectivity index (χ1n) is 5.05.